The van der Waals surface area contributed by atoms with Crippen LogP contribution in [0.4, 0.5) is 0 Å². The molecule has 0 aromatic carbocycles. The maximum Gasteiger partial charge on any atom is 0.229 e. The molecule has 8 heavy (non-hydrogen) atoms. The standard InChI is InChI=1S/C5H8O3/c1-6-2-5-3-7-4-8-5/h3H,2,4H2,1H3. The normalized spacial score (nSPS) is 16.9. The molecular formula is C5H8O3. The van der Waals surface area contributed by atoms with Crippen molar-refractivity contribution in [2.45, 2.75) is 0 Å². The molecule has 0 saturated heterocycles. The lowest BCUT2D eigenvalue weighted by molar-refractivity contribution is 0.0632. The highest BCUT2D eigenvalue weighted by molar-refractivity contribution is 4.89. The van der Waals surface area contributed by atoms with E-state index in [0.29, 0.717) is 13.4 Å². The molecule has 0 aliphatic carbocycles. The fourth-order valence-corrected chi connectivity index (χ4v) is 0.489. The van der Waals surface area contributed by atoms with Gasteiger partial charge in [0.15, 0.2) is 5.76 Å². The maximum atomic E-state index is 4.91. The van der Waals surface area contributed by atoms with Gasteiger partial charge in [-0.2, -0.15) is 0 Å². The van der Waals surface area contributed by atoms with Gasteiger partial charge in [-0.15, -0.1) is 0 Å². The Hall–Kier alpha value is -0.700. The van der Waals surface area contributed by atoms with Crippen LogP contribution in [0.2, 0.25) is 0 Å². The molecule has 1 aliphatic heterocycles. The van der Waals surface area contributed by atoms with Crippen LogP contribution in [0.25, 0.3) is 0 Å². The topological polar surface area (TPSA) is 27.7 Å². The Kier molecular flexibility index (Phi) is 1.75. The van der Waals surface area contributed by atoms with Crippen LogP contribution in [0.5, 0.6) is 0 Å². The van der Waals surface area contributed by atoms with Crippen molar-refractivity contribution in [3.8, 4) is 0 Å². The summed E-state index contributed by atoms with van der Waals surface area (Å²) in [6, 6.07) is 0. The van der Waals surface area contributed by atoms with Crippen LogP contribution in [-0.4, -0.2) is 20.5 Å². The van der Waals surface area contributed by atoms with Crippen LogP contribution < -0.4 is 0 Å². The summed E-state index contributed by atoms with van der Waals surface area (Å²) in [4.78, 5) is 0. The van der Waals surface area contributed by atoms with E-state index < -0.39 is 0 Å². The van der Waals surface area contributed by atoms with Crippen molar-refractivity contribution >= 4 is 0 Å². The zero-order valence-corrected chi connectivity index (χ0v) is 4.72. The molecule has 0 fully saturated rings. The molecular weight excluding hydrogens is 108 g/mol. The highest BCUT2D eigenvalue weighted by Crippen LogP contribution is 2.04. The summed E-state index contributed by atoms with van der Waals surface area (Å²) in [6.45, 7) is 0.832. The highest BCUT2D eigenvalue weighted by Gasteiger charge is 2.03. The predicted molar refractivity (Wildman–Crippen MR) is 27.0 cm³/mol. The van der Waals surface area contributed by atoms with Crippen LogP contribution in [0, 0.1) is 0 Å². The van der Waals surface area contributed by atoms with Gasteiger partial charge >= 0.3 is 0 Å². The van der Waals surface area contributed by atoms with Crippen molar-refractivity contribution in [2.75, 3.05) is 20.5 Å². The number of ether oxygens (including phenoxy) is 3. The molecule has 0 bridgehead atoms. The number of hydrogen-bond donors (Lipinski definition) is 0. The second kappa shape index (κ2) is 2.57. The lowest BCUT2D eigenvalue weighted by Gasteiger charge is -1.95. The minimum atomic E-state index is 0.332. The monoisotopic (exact) mass is 116 g/mol. The maximum absolute atomic E-state index is 4.91. The summed E-state index contributed by atoms with van der Waals surface area (Å²) >= 11 is 0. The van der Waals surface area contributed by atoms with Crippen molar-refractivity contribution in [2.24, 2.45) is 0 Å². The Labute approximate surface area is 47.8 Å². The smallest absolute Gasteiger partial charge is 0.229 e. The van der Waals surface area contributed by atoms with Crippen LogP contribution in [0.15, 0.2) is 12.0 Å². The van der Waals surface area contributed by atoms with E-state index in [4.69, 9.17) is 14.2 Å². The van der Waals surface area contributed by atoms with Crippen molar-refractivity contribution < 1.29 is 14.2 Å². The molecule has 0 spiro atoms. The van der Waals surface area contributed by atoms with E-state index in [2.05, 4.69) is 0 Å². The Morgan fingerprint density at radius 2 is 2.75 bits per heavy atom. The Morgan fingerprint density at radius 1 is 1.88 bits per heavy atom. The van der Waals surface area contributed by atoms with Crippen molar-refractivity contribution in [3.05, 3.63) is 12.0 Å². The number of hydrogen-bond acceptors (Lipinski definition) is 3. The first-order valence-electron chi connectivity index (χ1n) is 2.36. The molecule has 3 heteroatoms. The van der Waals surface area contributed by atoms with Crippen LogP contribution in [0.3, 0.4) is 0 Å². The van der Waals surface area contributed by atoms with E-state index in [9.17, 15) is 0 Å². The molecule has 0 unspecified atom stereocenters. The molecule has 0 aromatic heterocycles. The number of rotatable bonds is 2. The number of methoxy groups -OCH3 is 1. The molecule has 0 amide bonds. The van der Waals surface area contributed by atoms with E-state index in [0.717, 1.165) is 5.76 Å². The fraction of sp³-hybridized carbons (Fsp3) is 0.600. The summed E-state index contributed by atoms with van der Waals surface area (Å²) in [5, 5.41) is 0. The summed E-state index contributed by atoms with van der Waals surface area (Å²) < 4.78 is 14.4. The minimum Gasteiger partial charge on any atom is -0.462 e. The molecule has 3 nitrogen and oxygen atoms in total. The van der Waals surface area contributed by atoms with Crippen molar-refractivity contribution in [1.82, 2.24) is 0 Å². The summed E-state index contributed by atoms with van der Waals surface area (Å²) in [7, 11) is 1.61. The first-order valence-corrected chi connectivity index (χ1v) is 2.36. The van der Waals surface area contributed by atoms with E-state index in [-0.39, 0.29) is 0 Å². The molecule has 46 valence electrons. The molecule has 1 rings (SSSR count). The lowest BCUT2D eigenvalue weighted by atomic mass is 10.6. The largest absolute Gasteiger partial charge is 0.462 e. The van der Waals surface area contributed by atoms with E-state index in [1.807, 2.05) is 0 Å². The van der Waals surface area contributed by atoms with Gasteiger partial charge in [-0.1, -0.05) is 0 Å². The van der Waals surface area contributed by atoms with Gasteiger partial charge in [-0.25, -0.2) is 0 Å². The summed E-state index contributed by atoms with van der Waals surface area (Å²) in [5.74, 6) is 0.757. The molecule has 0 radical (unpaired) electrons. The minimum absolute atomic E-state index is 0.332. The SMILES string of the molecule is COCC1=COCO1. The molecule has 0 aromatic rings. The first-order chi connectivity index (χ1) is 3.93. The van der Waals surface area contributed by atoms with Gasteiger partial charge < -0.3 is 14.2 Å². The van der Waals surface area contributed by atoms with Gasteiger partial charge in [0.2, 0.25) is 6.79 Å². The Bertz CT molecular complexity index is 97.8. The van der Waals surface area contributed by atoms with Gasteiger partial charge in [0.1, 0.15) is 12.9 Å². The van der Waals surface area contributed by atoms with Crippen LogP contribution in [0.1, 0.15) is 0 Å². The van der Waals surface area contributed by atoms with Gasteiger partial charge in [0, 0.05) is 7.11 Å². The average Bonchev–Trinajstić information content (AvgIpc) is 2.19. The molecule has 1 heterocycles. The second-order valence-electron chi connectivity index (χ2n) is 1.45. The molecule has 1 aliphatic rings. The second-order valence-corrected chi connectivity index (χ2v) is 1.45. The third-order valence-corrected chi connectivity index (χ3v) is 0.814. The Morgan fingerprint density at radius 3 is 3.25 bits per heavy atom. The predicted octanol–water partition coefficient (Wildman–Crippen LogP) is 0.479. The zero-order chi connectivity index (χ0) is 5.82. The lowest BCUT2D eigenvalue weighted by Crippen LogP contribution is -1.93. The third-order valence-electron chi connectivity index (χ3n) is 0.814. The van der Waals surface area contributed by atoms with Gasteiger partial charge in [0.05, 0.1) is 0 Å². The van der Waals surface area contributed by atoms with E-state index in [1.54, 1.807) is 13.4 Å². The zero-order valence-electron chi connectivity index (χ0n) is 4.72. The van der Waals surface area contributed by atoms with E-state index >= 15 is 0 Å². The van der Waals surface area contributed by atoms with Crippen LogP contribution in [-0.2, 0) is 14.2 Å². The van der Waals surface area contributed by atoms with E-state index in [1.165, 1.54) is 0 Å². The first kappa shape index (κ1) is 5.44. The average molecular weight is 116 g/mol. The van der Waals surface area contributed by atoms with Crippen molar-refractivity contribution in [1.29, 1.82) is 0 Å². The van der Waals surface area contributed by atoms with Crippen molar-refractivity contribution in [3.63, 3.8) is 0 Å². The van der Waals surface area contributed by atoms with Crippen LogP contribution >= 0.6 is 0 Å². The third kappa shape index (κ3) is 1.13. The molecule has 0 saturated carbocycles. The quantitative estimate of drug-likeness (QED) is 0.525. The van der Waals surface area contributed by atoms with Gasteiger partial charge in [-0.05, 0) is 0 Å². The molecule has 0 atom stereocenters. The fourth-order valence-electron chi connectivity index (χ4n) is 0.489. The van der Waals surface area contributed by atoms with Gasteiger partial charge in [-0.3, -0.25) is 0 Å². The van der Waals surface area contributed by atoms with Gasteiger partial charge in [0.25, 0.3) is 0 Å². The summed E-state index contributed by atoms with van der Waals surface area (Å²) in [6.07, 6.45) is 1.56. The molecule has 0 N–H and O–H groups in total. The Balaban J connectivity index is 2.23. The summed E-state index contributed by atoms with van der Waals surface area (Å²) in [5.41, 5.74) is 0. The highest BCUT2D eigenvalue weighted by atomic mass is 16.7.